The van der Waals surface area contributed by atoms with Crippen LogP contribution in [-0.4, -0.2) is 42.5 Å². The normalized spacial score (nSPS) is 15.6. The second-order valence-electron chi connectivity index (χ2n) is 10.3. The molecule has 0 aromatic heterocycles. The highest BCUT2D eigenvalue weighted by Crippen LogP contribution is 2.32. The van der Waals surface area contributed by atoms with Crippen molar-refractivity contribution in [3.63, 3.8) is 0 Å². The lowest BCUT2D eigenvalue weighted by atomic mass is 9.88. The molecule has 2 aromatic rings. The molecular weight excluding hydrogens is 445 g/mol. The molecule has 0 amide bonds. The zero-order chi connectivity index (χ0) is 25.4. The zero-order valence-corrected chi connectivity index (χ0v) is 21.5. The number of rotatable bonds is 13. The van der Waals surface area contributed by atoms with E-state index in [9.17, 15) is 14.3 Å². The Morgan fingerprint density at radius 2 is 1.89 bits per heavy atom. The first-order valence-electron chi connectivity index (χ1n) is 12.7. The van der Waals surface area contributed by atoms with Crippen LogP contribution in [0.2, 0.25) is 0 Å². The number of carbonyl (C=O) groups is 1. The van der Waals surface area contributed by atoms with Crippen LogP contribution >= 0.6 is 0 Å². The average molecular weight is 486 g/mol. The summed E-state index contributed by atoms with van der Waals surface area (Å²) in [6.45, 7) is 8.84. The van der Waals surface area contributed by atoms with Gasteiger partial charge in [-0.2, -0.15) is 0 Å². The van der Waals surface area contributed by atoms with Gasteiger partial charge in [0.25, 0.3) is 0 Å². The number of carbonyl (C=O) groups excluding carboxylic acids is 1. The standard InChI is InChI=1S/C29H40FNO4/c1-5-34-28(33)13-11-22-10-12-25(30)16-27(22)20(2)35-19-26(32)18-31-29(3,4)17-21-14-23-8-6-7-9-24(23)15-21/h6-10,12,16,20-21,26,31-32H,5,11,13-15,17-19H2,1-4H3/t20-,26-/m1/s1. The number of β-amino-alcohol motifs (C(OH)–C–C–N with tert-alkyl or cyclic N) is 1. The highest BCUT2D eigenvalue weighted by Gasteiger charge is 2.28. The maximum absolute atomic E-state index is 13.9. The van der Waals surface area contributed by atoms with Crippen molar-refractivity contribution >= 4 is 5.97 Å². The van der Waals surface area contributed by atoms with Gasteiger partial charge in [-0.25, -0.2) is 4.39 Å². The number of hydrogen-bond acceptors (Lipinski definition) is 5. The zero-order valence-electron chi connectivity index (χ0n) is 21.5. The van der Waals surface area contributed by atoms with Gasteiger partial charge in [-0.05, 0) is 93.7 Å². The molecule has 1 aliphatic carbocycles. The van der Waals surface area contributed by atoms with Gasteiger partial charge in [0.15, 0.2) is 0 Å². The van der Waals surface area contributed by atoms with Gasteiger partial charge in [-0.1, -0.05) is 30.3 Å². The van der Waals surface area contributed by atoms with E-state index in [2.05, 4.69) is 43.4 Å². The third-order valence-corrected chi connectivity index (χ3v) is 6.74. The molecule has 0 unspecified atom stereocenters. The molecule has 5 nitrogen and oxygen atoms in total. The van der Waals surface area contributed by atoms with Crippen LogP contribution < -0.4 is 5.32 Å². The summed E-state index contributed by atoms with van der Waals surface area (Å²) < 4.78 is 24.8. The van der Waals surface area contributed by atoms with Crippen molar-refractivity contribution in [2.45, 2.75) is 77.5 Å². The number of ether oxygens (including phenoxy) is 2. The summed E-state index contributed by atoms with van der Waals surface area (Å²) in [6.07, 6.45) is 2.82. The second kappa shape index (κ2) is 12.6. The summed E-state index contributed by atoms with van der Waals surface area (Å²) in [6, 6.07) is 13.2. The van der Waals surface area contributed by atoms with Gasteiger partial charge in [-0.15, -0.1) is 0 Å². The van der Waals surface area contributed by atoms with Crippen LogP contribution in [0.4, 0.5) is 4.39 Å². The molecule has 0 spiro atoms. The monoisotopic (exact) mass is 485 g/mol. The number of esters is 1. The molecule has 3 rings (SSSR count). The fourth-order valence-electron chi connectivity index (χ4n) is 5.03. The molecule has 2 aromatic carbocycles. The van der Waals surface area contributed by atoms with E-state index in [1.807, 2.05) is 6.92 Å². The summed E-state index contributed by atoms with van der Waals surface area (Å²) in [4.78, 5) is 11.7. The first-order valence-corrected chi connectivity index (χ1v) is 12.7. The minimum absolute atomic E-state index is 0.109. The van der Waals surface area contributed by atoms with Crippen molar-refractivity contribution in [2.75, 3.05) is 19.8 Å². The van der Waals surface area contributed by atoms with Crippen LogP contribution in [0.25, 0.3) is 0 Å². The number of aliphatic hydroxyl groups is 1. The lowest BCUT2D eigenvalue weighted by Gasteiger charge is -2.31. The van der Waals surface area contributed by atoms with Gasteiger partial charge >= 0.3 is 5.97 Å². The molecule has 2 atom stereocenters. The van der Waals surface area contributed by atoms with E-state index in [4.69, 9.17) is 9.47 Å². The maximum Gasteiger partial charge on any atom is 0.306 e. The van der Waals surface area contributed by atoms with E-state index < -0.39 is 12.2 Å². The van der Waals surface area contributed by atoms with Crippen molar-refractivity contribution in [3.05, 3.63) is 70.5 Å². The summed E-state index contributed by atoms with van der Waals surface area (Å²) in [5.41, 5.74) is 4.33. The molecule has 0 saturated carbocycles. The number of aliphatic hydroxyl groups excluding tert-OH is 1. The lowest BCUT2D eigenvalue weighted by Crippen LogP contribution is -2.45. The minimum Gasteiger partial charge on any atom is -0.466 e. The lowest BCUT2D eigenvalue weighted by molar-refractivity contribution is -0.143. The van der Waals surface area contributed by atoms with E-state index in [0.29, 0.717) is 31.1 Å². The number of benzene rings is 2. The molecule has 0 fully saturated rings. The van der Waals surface area contributed by atoms with Crippen LogP contribution in [0.3, 0.4) is 0 Å². The third kappa shape index (κ3) is 8.41. The molecule has 35 heavy (non-hydrogen) atoms. The van der Waals surface area contributed by atoms with Crippen LogP contribution in [0, 0.1) is 11.7 Å². The van der Waals surface area contributed by atoms with Crippen LogP contribution in [0.1, 0.15) is 68.9 Å². The van der Waals surface area contributed by atoms with Gasteiger partial charge in [-0.3, -0.25) is 4.79 Å². The van der Waals surface area contributed by atoms with Crippen LogP contribution in [-0.2, 0) is 33.5 Å². The number of halogens is 1. The summed E-state index contributed by atoms with van der Waals surface area (Å²) >= 11 is 0. The highest BCUT2D eigenvalue weighted by molar-refractivity contribution is 5.69. The Morgan fingerprint density at radius 3 is 2.54 bits per heavy atom. The molecule has 0 bridgehead atoms. The smallest absolute Gasteiger partial charge is 0.306 e. The van der Waals surface area contributed by atoms with Gasteiger partial charge in [0.05, 0.1) is 25.4 Å². The summed E-state index contributed by atoms with van der Waals surface area (Å²) in [5, 5.41) is 14.0. The molecule has 192 valence electrons. The second-order valence-corrected chi connectivity index (χ2v) is 10.3. The minimum atomic E-state index is -0.686. The van der Waals surface area contributed by atoms with E-state index in [1.165, 1.54) is 23.3 Å². The third-order valence-electron chi connectivity index (χ3n) is 6.74. The first kappa shape index (κ1) is 27.3. The number of aryl methyl sites for hydroxylation is 1. The average Bonchev–Trinajstić information content (AvgIpc) is 3.22. The molecule has 0 radical (unpaired) electrons. The first-order chi connectivity index (χ1) is 16.7. The Kier molecular flexibility index (Phi) is 9.84. The van der Waals surface area contributed by atoms with Crippen molar-refractivity contribution in [1.29, 1.82) is 0 Å². The summed E-state index contributed by atoms with van der Waals surface area (Å²) in [5.74, 6) is -0.0281. The molecule has 1 aliphatic rings. The van der Waals surface area contributed by atoms with Gasteiger partial charge in [0.1, 0.15) is 5.82 Å². The van der Waals surface area contributed by atoms with E-state index in [0.717, 1.165) is 24.8 Å². The quantitative estimate of drug-likeness (QED) is 0.394. The summed E-state index contributed by atoms with van der Waals surface area (Å²) in [7, 11) is 0. The van der Waals surface area contributed by atoms with E-state index in [1.54, 1.807) is 13.0 Å². The molecule has 0 heterocycles. The SMILES string of the molecule is CCOC(=O)CCc1ccc(F)cc1[C@@H](C)OC[C@H](O)CNC(C)(C)CC1Cc2ccccc2C1. The van der Waals surface area contributed by atoms with Gasteiger partial charge < -0.3 is 19.9 Å². The Labute approximate surface area is 209 Å². The Morgan fingerprint density at radius 1 is 1.20 bits per heavy atom. The molecule has 0 aliphatic heterocycles. The predicted octanol–water partition coefficient (Wildman–Crippen LogP) is 4.93. The topological polar surface area (TPSA) is 67.8 Å². The fourth-order valence-corrected chi connectivity index (χ4v) is 5.03. The van der Waals surface area contributed by atoms with Crippen molar-refractivity contribution in [1.82, 2.24) is 5.32 Å². The number of hydrogen-bond donors (Lipinski definition) is 2. The van der Waals surface area contributed by atoms with Crippen LogP contribution in [0.15, 0.2) is 42.5 Å². The number of fused-ring (bicyclic) bond motifs is 1. The molecule has 6 heteroatoms. The predicted molar refractivity (Wildman–Crippen MR) is 136 cm³/mol. The van der Waals surface area contributed by atoms with Gasteiger partial charge in [0.2, 0.25) is 0 Å². The van der Waals surface area contributed by atoms with Gasteiger partial charge in [0, 0.05) is 18.5 Å². The number of nitrogens with one attached hydrogen (secondary N) is 1. The largest absolute Gasteiger partial charge is 0.466 e. The maximum atomic E-state index is 13.9. The fraction of sp³-hybridized carbons (Fsp3) is 0.552. The van der Waals surface area contributed by atoms with E-state index >= 15 is 0 Å². The highest BCUT2D eigenvalue weighted by atomic mass is 19.1. The molecular formula is C29H40FNO4. The van der Waals surface area contributed by atoms with Crippen LogP contribution in [0.5, 0.6) is 0 Å². The van der Waals surface area contributed by atoms with Crippen molar-refractivity contribution < 1.29 is 23.8 Å². The molecule has 2 N–H and O–H groups in total. The Bertz CT molecular complexity index is 952. The Balaban J connectivity index is 1.45. The van der Waals surface area contributed by atoms with Crippen molar-refractivity contribution in [3.8, 4) is 0 Å². The molecule has 0 saturated heterocycles. The van der Waals surface area contributed by atoms with Crippen molar-refractivity contribution in [2.24, 2.45) is 5.92 Å². The van der Waals surface area contributed by atoms with E-state index in [-0.39, 0.29) is 30.4 Å². The Hall–Kier alpha value is -2.28.